The van der Waals surface area contributed by atoms with Crippen molar-refractivity contribution < 1.29 is 18.8 Å². The zero-order valence-corrected chi connectivity index (χ0v) is 15.9. The van der Waals surface area contributed by atoms with Crippen molar-refractivity contribution in [3.8, 4) is 22.9 Å². The van der Waals surface area contributed by atoms with Gasteiger partial charge in [-0.1, -0.05) is 16.9 Å². The lowest BCUT2D eigenvalue weighted by Crippen LogP contribution is -2.12. The number of anilines is 1. The Hall–Kier alpha value is -3.01. The molecule has 0 bridgehead atoms. The molecule has 2 heterocycles. The minimum absolute atomic E-state index is 0.150. The first-order valence-electron chi connectivity index (χ1n) is 8.10. The van der Waals surface area contributed by atoms with Gasteiger partial charge in [0.25, 0.3) is 0 Å². The number of benzene rings is 1. The zero-order chi connectivity index (χ0) is 19.2. The number of rotatable bonds is 8. The van der Waals surface area contributed by atoms with Gasteiger partial charge in [-0.05, 0) is 19.1 Å². The first-order valence-corrected chi connectivity index (χ1v) is 9.08. The largest absolute Gasteiger partial charge is 0.497 e. The number of hydrogen-bond donors (Lipinski definition) is 2. The number of aromatic nitrogens is 4. The molecule has 142 valence electrons. The average molecular weight is 389 g/mol. The highest BCUT2D eigenvalue weighted by Gasteiger charge is 2.13. The van der Waals surface area contributed by atoms with Gasteiger partial charge in [0.2, 0.25) is 11.1 Å². The standard InChI is InChI=1S/C17H19N5O4S/c1-10-8-14(22-26-10)18-15(23)6-7-27-17-19-16(20-21-17)12-5-4-11(24-2)9-13(12)25-3/h4-5,8-9H,6-7H2,1-3H3,(H,18,22,23)(H,19,20,21). The lowest BCUT2D eigenvalue weighted by Gasteiger charge is -2.07. The van der Waals surface area contributed by atoms with E-state index in [0.29, 0.717) is 46.2 Å². The zero-order valence-electron chi connectivity index (χ0n) is 15.1. The van der Waals surface area contributed by atoms with Crippen LogP contribution >= 0.6 is 11.8 Å². The van der Waals surface area contributed by atoms with Crippen LogP contribution in [-0.2, 0) is 4.79 Å². The van der Waals surface area contributed by atoms with Crippen molar-refractivity contribution in [1.29, 1.82) is 0 Å². The fourth-order valence-electron chi connectivity index (χ4n) is 2.29. The molecule has 2 N–H and O–H groups in total. The summed E-state index contributed by atoms with van der Waals surface area (Å²) in [6, 6.07) is 7.11. The maximum absolute atomic E-state index is 11.9. The monoisotopic (exact) mass is 389 g/mol. The maximum atomic E-state index is 11.9. The molecule has 0 saturated heterocycles. The average Bonchev–Trinajstić information content (AvgIpc) is 3.30. The van der Waals surface area contributed by atoms with Crippen molar-refractivity contribution in [3.05, 3.63) is 30.0 Å². The molecule has 0 aliphatic carbocycles. The van der Waals surface area contributed by atoms with E-state index in [1.165, 1.54) is 11.8 Å². The molecule has 0 atom stereocenters. The molecule has 9 nitrogen and oxygen atoms in total. The van der Waals surface area contributed by atoms with Gasteiger partial charge in [0, 0.05) is 24.3 Å². The number of hydrogen-bond acceptors (Lipinski definition) is 8. The third kappa shape index (κ3) is 4.79. The van der Waals surface area contributed by atoms with Gasteiger partial charge in [0.1, 0.15) is 17.3 Å². The fourth-order valence-corrected chi connectivity index (χ4v) is 3.03. The number of amides is 1. The summed E-state index contributed by atoms with van der Waals surface area (Å²) in [4.78, 5) is 16.3. The highest BCUT2D eigenvalue weighted by molar-refractivity contribution is 7.99. The number of ether oxygens (including phenoxy) is 2. The second-order valence-electron chi connectivity index (χ2n) is 5.50. The van der Waals surface area contributed by atoms with E-state index in [-0.39, 0.29) is 5.91 Å². The Labute approximate surface area is 159 Å². The third-order valence-corrected chi connectivity index (χ3v) is 4.43. The van der Waals surface area contributed by atoms with Crippen molar-refractivity contribution in [1.82, 2.24) is 20.3 Å². The van der Waals surface area contributed by atoms with Gasteiger partial charge in [-0.2, -0.15) is 0 Å². The third-order valence-electron chi connectivity index (χ3n) is 3.58. The second kappa shape index (κ2) is 8.58. The number of H-pyrrole nitrogens is 1. The molecule has 3 aromatic rings. The van der Waals surface area contributed by atoms with Crippen LogP contribution in [0.3, 0.4) is 0 Å². The van der Waals surface area contributed by atoms with Gasteiger partial charge in [-0.3, -0.25) is 9.89 Å². The van der Waals surface area contributed by atoms with Crippen LogP contribution in [-0.4, -0.2) is 46.2 Å². The molecule has 27 heavy (non-hydrogen) atoms. The first-order chi connectivity index (χ1) is 13.1. The van der Waals surface area contributed by atoms with Crippen LogP contribution in [0, 0.1) is 6.92 Å². The number of aromatic amines is 1. The summed E-state index contributed by atoms with van der Waals surface area (Å²) in [5.74, 6) is 3.33. The molecule has 1 aromatic carbocycles. The van der Waals surface area contributed by atoms with E-state index in [2.05, 4.69) is 25.7 Å². The molecule has 0 fully saturated rings. The number of aryl methyl sites for hydroxylation is 1. The minimum Gasteiger partial charge on any atom is -0.497 e. The molecule has 0 saturated carbocycles. The smallest absolute Gasteiger partial charge is 0.226 e. The second-order valence-corrected chi connectivity index (χ2v) is 6.56. The van der Waals surface area contributed by atoms with Crippen molar-refractivity contribution in [2.24, 2.45) is 0 Å². The van der Waals surface area contributed by atoms with Gasteiger partial charge in [-0.15, -0.1) is 5.10 Å². The van der Waals surface area contributed by atoms with Crippen LogP contribution in [0.2, 0.25) is 0 Å². The Morgan fingerprint density at radius 1 is 1.30 bits per heavy atom. The Kier molecular flexibility index (Phi) is 5.97. The van der Waals surface area contributed by atoms with Crippen molar-refractivity contribution in [2.45, 2.75) is 18.5 Å². The van der Waals surface area contributed by atoms with Crippen LogP contribution in [0.4, 0.5) is 5.82 Å². The van der Waals surface area contributed by atoms with Crippen LogP contribution < -0.4 is 14.8 Å². The summed E-state index contributed by atoms with van der Waals surface area (Å²) in [7, 11) is 3.18. The van der Waals surface area contributed by atoms with E-state index >= 15 is 0 Å². The maximum Gasteiger partial charge on any atom is 0.226 e. The van der Waals surface area contributed by atoms with Gasteiger partial charge in [0.15, 0.2) is 11.6 Å². The summed E-state index contributed by atoms with van der Waals surface area (Å²) in [5.41, 5.74) is 0.775. The van der Waals surface area contributed by atoms with Crippen molar-refractivity contribution in [2.75, 3.05) is 25.3 Å². The van der Waals surface area contributed by atoms with Crippen LogP contribution in [0.25, 0.3) is 11.4 Å². The molecule has 10 heteroatoms. The highest BCUT2D eigenvalue weighted by atomic mass is 32.2. The summed E-state index contributed by atoms with van der Waals surface area (Å²) in [6.45, 7) is 1.76. The quantitative estimate of drug-likeness (QED) is 0.565. The Bertz CT molecular complexity index is 924. The van der Waals surface area contributed by atoms with Crippen molar-refractivity contribution >= 4 is 23.5 Å². The lowest BCUT2D eigenvalue weighted by molar-refractivity contribution is -0.115. The van der Waals surface area contributed by atoms with Crippen LogP contribution in [0.5, 0.6) is 11.5 Å². The summed E-state index contributed by atoms with van der Waals surface area (Å²) >= 11 is 1.38. The van der Waals surface area contributed by atoms with E-state index in [4.69, 9.17) is 14.0 Å². The van der Waals surface area contributed by atoms with Gasteiger partial charge >= 0.3 is 0 Å². The fraction of sp³-hybridized carbons (Fsp3) is 0.294. The first kappa shape index (κ1) is 18.8. The predicted octanol–water partition coefficient (Wildman–Crippen LogP) is 2.91. The molecule has 0 spiro atoms. The SMILES string of the molecule is COc1ccc(-c2nc(SCCC(=O)Nc3cc(C)on3)n[nH]2)c(OC)c1. The predicted molar refractivity (Wildman–Crippen MR) is 100 cm³/mol. The summed E-state index contributed by atoms with van der Waals surface area (Å²) < 4.78 is 15.5. The minimum atomic E-state index is -0.150. The topological polar surface area (TPSA) is 115 Å². The highest BCUT2D eigenvalue weighted by Crippen LogP contribution is 2.32. The molecule has 0 radical (unpaired) electrons. The molecule has 0 aliphatic heterocycles. The van der Waals surface area contributed by atoms with Crippen LogP contribution in [0.1, 0.15) is 12.2 Å². The lowest BCUT2D eigenvalue weighted by atomic mass is 10.2. The van der Waals surface area contributed by atoms with E-state index in [0.717, 1.165) is 5.56 Å². The number of nitrogens with one attached hydrogen (secondary N) is 2. The molecule has 3 rings (SSSR count). The molecule has 2 aromatic heterocycles. The van der Waals surface area contributed by atoms with Crippen LogP contribution in [0.15, 0.2) is 33.9 Å². The number of methoxy groups -OCH3 is 2. The molecular weight excluding hydrogens is 370 g/mol. The molecular formula is C17H19N5O4S. The number of nitrogens with zero attached hydrogens (tertiary/aromatic N) is 3. The summed E-state index contributed by atoms with van der Waals surface area (Å²) in [5, 5.41) is 14.0. The van der Waals surface area contributed by atoms with E-state index in [9.17, 15) is 4.79 Å². The van der Waals surface area contributed by atoms with Gasteiger partial charge in [0.05, 0.1) is 19.8 Å². The Morgan fingerprint density at radius 2 is 2.15 bits per heavy atom. The molecule has 1 amide bonds. The number of carbonyl (C=O) groups is 1. The van der Waals surface area contributed by atoms with E-state index in [1.54, 1.807) is 33.3 Å². The molecule has 0 unspecified atom stereocenters. The Morgan fingerprint density at radius 3 is 2.85 bits per heavy atom. The van der Waals surface area contributed by atoms with Crippen molar-refractivity contribution in [3.63, 3.8) is 0 Å². The van der Waals surface area contributed by atoms with E-state index < -0.39 is 0 Å². The normalized spacial score (nSPS) is 10.6. The number of thioether (sulfide) groups is 1. The summed E-state index contributed by atoms with van der Waals surface area (Å²) in [6.07, 6.45) is 0.298. The molecule has 0 aliphatic rings. The Balaban J connectivity index is 1.56. The van der Waals surface area contributed by atoms with E-state index in [1.807, 2.05) is 12.1 Å². The van der Waals surface area contributed by atoms with Gasteiger partial charge < -0.3 is 19.3 Å². The van der Waals surface area contributed by atoms with Gasteiger partial charge in [-0.25, -0.2) is 4.98 Å². The number of carbonyl (C=O) groups excluding carboxylic acids is 1.